The Morgan fingerprint density at radius 3 is 2.41 bits per heavy atom. The molecule has 10 heteroatoms. The minimum absolute atomic E-state index is 0.0540. The summed E-state index contributed by atoms with van der Waals surface area (Å²) >= 11 is 0. The normalized spacial score (nSPS) is 23.1. The van der Waals surface area contributed by atoms with E-state index in [1.54, 1.807) is 14.1 Å². The van der Waals surface area contributed by atoms with Gasteiger partial charge in [-0.25, -0.2) is 4.98 Å². The second-order valence-electron chi connectivity index (χ2n) is 7.79. The van der Waals surface area contributed by atoms with Crippen LogP contribution in [0.1, 0.15) is 30.5 Å². The van der Waals surface area contributed by atoms with E-state index in [2.05, 4.69) is 9.88 Å². The van der Waals surface area contributed by atoms with Gasteiger partial charge < -0.3 is 9.64 Å². The molecule has 150 valence electrons. The summed E-state index contributed by atoms with van der Waals surface area (Å²) in [5.74, 6) is 0.617. The molecule has 2 aliphatic heterocycles. The second kappa shape index (κ2) is 6.84. The molecule has 0 bridgehead atoms. The molecule has 4 rings (SSSR count). The number of nitrogens with one attached hydrogen (secondary N) is 1. The van der Waals surface area contributed by atoms with Crippen LogP contribution < -0.4 is 10.5 Å². The Hall–Kier alpha value is -1.49. The first-order valence-electron chi connectivity index (χ1n) is 9.47. The predicted molar refractivity (Wildman–Crippen MR) is 101 cm³/mol. The Kier molecular flexibility index (Phi) is 4.77. The predicted octanol–water partition coefficient (Wildman–Crippen LogP) is -0.307. The van der Waals surface area contributed by atoms with Gasteiger partial charge in [0.15, 0.2) is 0 Å². The summed E-state index contributed by atoms with van der Waals surface area (Å²) in [6.45, 7) is 3.60. The maximum Gasteiger partial charge on any atom is 0.281 e. The first-order valence-corrected chi connectivity index (χ1v) is 10.9. The molecular weight excluding hydrogens is 370 g/mol. The van der Waals surface area contributed by atoms with Crippen LogP contribution in [-0.4, -0.2) is 80.5 Å². The number of hydrogen-bond donors (Lipinski definition) is 1. The fourth-order valence-corrected chi connectivity index (χ4v) is 5.53. The lowest BCUT2D eigenvalue weighted by atomic mass is 9.77. The van der Waals surface area contributed by atoms with Gasteiger partial charge in [-0.15, -0.1) is 0 Å². The van der Waals surface area contributed by atoms with E-state index in [0.29, 0.717) is 64.6 Å². The van der Waals surface area contributed by atoms with Crippen LogP contribution in [0.25, 0.3) is 0 Å². The molecule has 0 atom stereocenters. The lowest BCUT2D eigenvalue weighted by Gasteiger charge is -2.39. The molecule has 1 spiro atoms. The van der Waals surface area contributed by atoms with Crippen molar-refractivity contribution in [2.45, 2.75) is 31.1 Å². The maximum atomic E-state index is 12.6. The van der Waals surface area contributed by atoms with E-state index in [1.165, 1.54) is 8.61 Å². The third-order valence-electron chi connectivity index (χ3n) is 6.14. The van der Waals surface area contributed by atoms with E-state index in [4.69, 9.17) is 9.72 Å². The number of nitrogens with zero attached hydrogens (tertiary/aromatic N) is 4. The van der Waals surface area contributed by atoms with Crippen LogP contribution in [0.15, 0.2) is 4.79 Å². The molecule has 0 unspecified atom stereocenters. The van der Waals surface area contributed by atoms with E-state index in [-0.39, 0.29) is 11.0 Å². The standard InChI is InChI=1S/C17H27N5O4S/c1-20(2)27(24,25)22-7-5-17(6-8-22)4-3-13-14(17)18-16(19-15(13)23)21-9-11-26-12-10-21/h3-12H2,1-2H3,(H,18,19,23). The van der Waals surface area contributed by atoms with E-state index >= 15 is 0 Å². The fraction of sp³-hybridized carbons (Fsp3) is 0.765. The van der Waals surface area contributed by atoms with E-state index in [9.17, 15) is 13.2 Å². The number of morpholine rings is 1. The molecule has 0 aromatic carbocycles. The van der Waals surface area contributed by atoms with Crippen LogP contribution in [0, 0.1) is 0 Å². The van der Waals surface area contributed by atoms with Crippen molar-refractivity contribution >= 4 is 16.2 Å². The van der Waals surface area contributed by atoms with Gasteiger partial charge in [-0.3, -0.25) is 9.78 Å². The van der Waals surface area contributed by atoms with Crippen molar-refractivity contribution in [3.63, 3.8) is 0 Å². The number of piperidine rings is 1. The number of hydrogen-bond acceptors (Lipinski definition) is 6. The van der Waals surface area contributed by atoms with Gasteiger partial charge in [-0.05, 0) is 25.7 Å². The smallest absolute Gasteiger partial charge is 0.281 e. The number of aromatic amines is 1. The third-order valence-corrected chi connectivity index (χ3v) is 8.08. The van der Waals surface area contributed by atoms with Gasteiger partial charge in [0.2, 0.25) is 5.95 Å². The van der Waals surface area contributed by atoms with E-state index in [1.807, 2.05) is 0 Å². The highest BCUT2D eigenvalue weighted by Gasteiger charge is 2.46. The highest BCUT2D eigenvalue weighted by atomic mass is 32.2. The summed E-state index contributed by atoms with van der Waals surface area (Å²) in [6, 6.07) is 0. The quantitative estimate of drug-likeness (QED) is 0.751. The van der Waals surface area contributed by atoms with Gasteiger partial charge in [-0.2, -0.15) is 17.0 Å². The Morgan fingerprint density at radius 1 is 1.11 bits per heavy atom. The molecule has 2 saturated heterocycles. The summed E-state index contributed by atoms with van der Waals surface area (Å²) in [6.07, 6.45) is 2.97. The van der Waals surface area contributed by atoms with E-state index < -0.39 is 10.2 Å². The van der Waals surface area contributed by atoms with Crippen LogP contribution >= 0.6 is 0 Å². The second-order valence-corrected chi connectivity index (χ2v) is 9.93. The maximum absolute atomic E-state index is 12.6. The number of aromatic nitrogens is 2. The zero-order valence-electron chi connectivity index (χ0n) is 15.9. The number of ether oxygens (including phenoxy) is 1. The van der Waals surface area contributed by atoms with Crippen LogP contribution in [0.2, 0.25) is 0 Å². The molecule has 0 radical (unpaired) electrons. The van der Waals surface area contributed by atoms with Gasteiger partial charge in [0, 0.05) is 51.3 Å². The van der Waals surface area contributed by atoms with Crippen molar-refractivity contribution in [1.82, 2.24) is 18.6 Å². The molecule has 1 aromatic rings. The molecule has 1 N–H and O–H groups in total. The van der Waals surface area contributed by atoms with Gasteiger partial charge in [0.25, 0.3) is 15.8 Å². The molecule has 27 heavy (non-hydrogen) atoms. The van der Waals surface area contributed by atoms with Crippen LogP contribution in [-0.2, 0) is 26.8 Å². The van der Waals surface area contributed by atoms with Crippen molar-refractivity contribution < 1.29 is 13.2 Å². The fourth-order valence-electron chi connectivity index (χ4n) is 4.43. The molecule has 1 aromatic heterocycles. The zero-order valence-corrected chi connectivity index (χ0v) is 16.7. The van der Waals surface area contributed by atoms with Crippen LogP contribution in [0.3, 0.4) is 0 Å². The Bertz CT molecular complexity index is 868. The summed E-state index contributed by atoms with van der Waals surface area (Å²) in [5.41, 5.74) is 1.41. The Labute approximate surface area is 159 Å². The van der Waals surface area contributed by atoms with Crippen molar-refractivity contribution in [2.24, 2.45) is 0 Å². The zero-order chi connectivity index (χ0) is 19.2. The van der Waals surface area contributed by atoms with Crippen molar-refractivity contribution in [3.8, 4) is 0 Å². The van der Waals surface area contributed by atoms with Gasteiger partial charge in [-0.1, -0.05) is 0 Å². The number of anilines is 1. The lowest BCUT2D eigenvalue weighted by Crippen LogP contribution is -2.48. The Balaban J connectivity index is 1.62. The van der Waals surface area contributed by atoms with Crippen molar-refractivity contribution in [2.75, 3.05) is 58.4 Å². The number of fused-ring (bicyclic) bond motifs is 2. The molecule has 0 amide bonds. The van der Waals surface area contributed by atoms with Gasteiger partial charge in [0.1, 0.15) is 0 Å². The van der Waals surface area contributed by atoms with Crippen molar-refractivity contribution in [1.29, 1.82) is 0 Å². The average Bonchev–Trinajstić information content (AvgIpc) is 3.01. The average molecular weight is 398 g/mol. The summed E-state index contributed by atoms with van der Waals surface area (Å²) < 4.78 is 33.0. The molecule has 9 nitrogen and oxygen atoms in total. The highest BCUT2D eigenvalue weighted by molar-refractivity contribution is 7.86. The molecular formula is C17H27N5O4S. The Morgan fingerprint density at radius 2 is 1.78 bits per heavy atom. The van der Waals surface area contributed by atoms with Crippen LogP contribution in [0.4, 0.5) is 5.95 Å². The topological polar surface area (TPSA) is 98.8 Å². The molecule has 2 fully saturated rings. The van der Waals surface area contributed by atoms with Crippen LogP contribution in [0.5, 0.6) is 0 Å². The molecule has 0 saturated carbocycles. The first-order chi connectivity index (χ1) is 12.8. The summed E-state index contributed by atoms with van der Waals surface area (Å²) in [7, 11) is -0.289. The lowest BCUT2D eigenvalue weighted by molar-refractivity contribution is 0.122. The van der Waals surface area contributed by atoms with E-state index in [0.717, 1.165) is 17.7 Å². The SMILES string of the molecule is CN(C)S(=O)(=O)N1CCC2(CCc3c2nc(N2CCOCC2)[nH]c3=O)CC1. The molecule has 3 aliphatic rings. The summed E-state index contributed by atoms with van der Waals surface area (Å²) in [4.78, 5) is 22.5. The highest BCUT2D eigenvalue weighted by Crippen LogP contribution is 2.45. The molecule has 3 heterocycles. The first kappa shape index (κ1) is 18.9. The minimum atomic E-state index is -3.40. The van der Waals surface area contributed by atoms with Crippen molar-refractivity contribution in [3.05, 3.63) is 21.6 Å². The minimum Gasteiger partial charge on any atom is -0.378 e. The molecule has 1 aliphatic carbocycles. The number of rotatable bonds is 3. The monoisotopic (exact) mass is 397 g/mol. The van der Waals surface area contributed by atoms with Gasteiger partial charge in [0.05, 0.1) is 18.9 Å². The summed E-state index contributed by atoms with van der Waals surface area (Å²) in [5, 5.41) is 0. The largest absolute Gasteiger partial charge is 0.378 e. The van der Waals surface area contributed by atoms with Gasteiger partial charge >= 0.3 is 0 Å². The third kappa shape index (κ3) is 3.18. The number of H-pyrrole nitrogens is 1.